The topological polar surface area (TPSA) is 19.0 Å². The van der Waals surface area contributed by atoms with E-state index in [9.17, 15) is 0 Å². The largest absolute Gasteiger partial charge is 0.420 e. The normalized spacial score (nSPS) is 13.0. The minimum absolute atomic E-state index is 0.476. The highest BCUT2D eigenvalue weighted by molar-refractivity contribution is 6.73. The van der Waals surface area contributed by atoms with Gasteiger partial charge in [0.2, 0.25) is 0 Å². The summed E-state index contributed by atoms with van der Waals surface area (Å²) in [4.78, 5) is 8.03. The Hall–Kier alpha value is 0.0569. The zero-order chi connectivity index (χ0) is 28.0. The molecule has 0 aromatic rings. The highest BCUT2D eigenvalue weighted by Crippen LogP contribution is 2.43. The van der Waals surface area contributed by atoms with Crippen molar-refractivity contribution in [3.05, 3.63) is 0 Å². The van der Waals surface area contributed by atoms with Gasteiger partial charge in [0.15, 0.2) is 8.32 Å². The van der Waals surface area contributed by atoms with Gasteiger partial charge in [-0.15, -0.1) is 0 Å². The zero-order valence-electron chi connectivity index (χ0n) is 27.3. The molecule has 0 rings (SSSR count). The molecule has 0 radical (unpaired) electrons. The lowest BCUT2D eigenvalue weighted by atomic mass is 9.73. The quantitative estimate of drug-likeness (QED) is 0.0970. The van der Waals surface area contributed by atoms with E-state index in [1.54, 1.807) is 0 Å². The standard InChI is InChI=1S/C32H71N3OSi/c1-10-25-33(13-4)28-18-21-32(22-19-29-34(14-5)26-11-2,23-20-30-35(15-6)27-12-3)24-31-37(16-7,17-8)36-9/h10-31H2,1-9H3. The maximum Gasteiger partial charge on any atom is 0.191 e. The molecule has 5 heteroatoms. The van der Waals surface area contributed by atoms with Crippen LogP contribution in [-0.4, -0.2) is 89.0 Å². The van der Waals surface area contributed by atoms with Crippen molar-refractivity contribution in [2.45, 2.75) is 138 Å². The summed E-state index contributed by atoms with van der Waals surface area (Å²) in [6.07, 6.45) is 13.4. The first-order valence-corrected chi connectivity index (χ1v) is 19.1. The molecule has 224 valence electrons. The Morgan fingerprint density at radius 2 is 0.865 bits per heavy atom. The Morgan fingerprint density at radius 3 is 1.11 bits per heavy atom. The molecule has 4 nitrogen and oxygen atoms in total. The number of rotatable bonds is 27. The third kappa shape index (κ3) is 15.4. The van der Waals surface area contributed by atoms with Crippen molar-refractivity contribution in [2.75, 3.05) is 66.0 Å². The van der Waals surface area contributed by atoms with Gasteiger partial charge in [0.1, 0.15) is 0 Å². The maximum absolute atomic E-state index is 6.32. The monoisotopic (exact) mass is 542 g/mol. The van der Waals surface area contributed by atoms with Crippen LogP contribution in [0.25, 0.3) is 0 Å². The van der Waals surface area contributed by atoms with Crippen LogP contribution in [0.5, 0.6) is 0 Å². The van der Waals surface area contributed by atoms with Crippen molar-refractivity contribution in [2.24, 2.45) is 5.41 Å². The van der Waals surface area contributed by atoms with Gasteiger partial charge in [-0.3, -0.25) is 0 Å². The molecule has 0 unspecified atom stereocenters. The van der Waals surface area contributed by atoms with Gasteiger partial charge in [0.25, 0.3) is 0 Å². The van der Waals surface area contributed by atoms with Crippen molar-refractivity contribution in [1.82, 2.24) is 14.7 Å². The van der Waals surface area contributed by atoms with Crippen LogP contribution in [-0.2, 0) is 4.43 Å². The minimum atomic E-state index is -1.60. The predicted octanol–water partition coefficient (Wildman–Crippen LogP) is 8.53. The van der Waals surface area contributed by atoms with Gasteiger partial charge in [-0.05, 0) is 147 Å². The molecular formula is C32H71N3OSi. The van der Waals surface area contributed by atoms with Crippen LogP contribution in [0.3, 0.4) is 0 Å². The average Bonchev–Trinajstić information content (AvgIpc) is 2.92. The molecule has 0 aliphatic heterocycles. The summed E-state index contributed by atoms with van der Waals surface area (Å²) in [6.45, 7) is 29.9. The number of hydrogen-bond acceptors (Lipinski definition) is 4. The molecule has 0 bridgehead atoms. The molecule has 0 saturated carbocycles. The Bertz CT molecular complexity index is 442. The summed E-state index contributed by atoms with van der Waals surface area (Å²) < 4.78 is 6.32. The summed E-state index contributed by atoms with van der Waals surface area (Å²) in [5.41, 5.74) is 0.476. The average molecular weight is 542 g/mol. The zero-order valence-corrected chi connectivity index (χ0v) is 28.3. The molecule has 0 atom stereocenters. The van der Waals surface area contributed by atoms with Gasteiger partial charge in [-0.25, -0.2) is 0 Å². The molecule has 37 heavy (non-hydrogen) atoms. The van der Waals surface area contributed by atoms with Crippen LogP contribution in [0.2, 0.25) is 18.1 Å². The fourth-order valence-corrected chi connectivity index (χ4v) is 9.48. The lowest BCUT2D eigenvalue weighted by Gasteiger charge is -2.39. The van der Waals surface area contributed by atoms with E-state index >= 15 is 0 Å². The van der Waals surface area contributed by atoms with Crippen molar-refractivity contribution < 1.29 is 4.43 Å². The predicted molar refractivity (Wildman–Crippen MR) is 170 cm³/mol. The second-order valence-electron chi connectivity index (χ2n) is 11.7. The Balaban J connectivity index is 5.73. The van der Waals surface area contributed by atoms with Gasteiger partial charge in [-0.1, -0.05) is 55.4 Å². The summed E-state index contributed by atoms with van der Waals surface area (Å²) in [6, 6.07) is 3.87. The fraction of sp³-hybridized carbons (Fsp3) is 1.00. The SMILES string of the molecule is CCCN(CC)CCCC(CCCN(CC)CCC)(CCCN(CC)CCC)CC[Si](CC)(CC)OC. The van der Waals surface area contributed by atoms with Gasteiger partial charge < -0.3 is 19.1 Å². The molecule has 0 fully saturated rings. The van der Waals surface area contributed by atoms with E-state index in [2.05, 4.69) is 70.1 Å². The van der Waals surface area contributed by atoms with E-state index < -0.39 is 8.32 Å². The summed E-state index contributed by atoms with van der Waals surface area (Å²) in [5.74, 6) is 0. The second-order valence-corrected chi connectivity index (χ2v) is 16.4. The lowest BCUT2D eigenvalue weighted by Crippen LogP contribution is -2.38. The maximum atomic E-state index is 6.32. The van der Waals surface area contributed by atoms with E-state index in [1.165, 1.54) is 141 Å². The first-order valence-electron chi connectivity index (χ1n) is 16.6. The molecule has 0 aliphatic rings. The van der Waals surface area contributed by atoms with Crippen LogP contribution >= 0.6 is 0 Å². The van der Waals surface area contributed by atoms with Crippen LogP contribution < -0.4 is 0 Å². The van der Waals surface area contributed by atoms with E-state index in [0.29, 0.717) is 5.41 Å². The van der Waals surface area contributed by atoms with Crippen molar-refractivity contribution in [3.8, 4) is 0 Å². The van der Waals surface area contributed by atoms with E-state index in [4.69, 9.17) is 4.43 Å². The molecule has 0 aromatic carbocycles. The van der Waals surface area contributed by atoms with Gasteiger partial charge in [0.05, 0.1) is 0 Å². The van der Waals surface area contributed by atoms with E-state index in [1.807, 2.05) is 7.11 Å². The molecule has 0 amide bonds. The van der Waals surface area contributed by atoms with Crippen molar-refractivity contribution in [3.63, 3.8) is 0 Å². The van der Waals surface area contributed by atoms with Crippen molar-refractivity contribution in [1.29, 1.82) is 0 Å². The highest BCUT2D eigenvalue weighted by atomic mass is 28.4. The van der Waals surface area contributed by atoms with Crippen LogP contribution in [0.4, 0.5) is 0 Å². The van der Waals surface area contributed by atoms with Crippen molar-refractivity contribution >= 4 is 8.32 Å². The summed E-state index contributed by atoms with van der Waals surface area (Å²) in [7, 11) is 0.412. The third-order valence-electron chi connectivity index (χ3n) is 9.34. The van der Waals surface area contributed by atoms with Crippen LogP contribution in [0.1, 0.15) is 120 Å². The van der Waals surface area contributed by atoms with Gasteiger partial charge in [0, 0.05) is 7.11 Å². The second kappa shape index (κ2) is 22.8. The molecule has 0 saturated heterocycles. The molecule has 0 spiro atoms. The third-order valence-corrected chi connectivity index (χ3v) is 13.9. The van der Waals surface area contributed by atoms with Crippen LogP contribution in [0.15, 0.2) is 0 Å². The molecule has 0 N–H and O–H groups in total. The van der Waals surface area contributed by atoms with Gasteiger partial charge in [-0.2, -0.15) is 0 Å². The number of hydrogen-bond donors (Lipinski definition) is 0. The lowest BCUT2D eigenvalue weighted by molar-refractivity contribution is 0.153. The molecule has 0 aliphatic carbocycles. The Kier molecular flexibility index (Phi) is 22.9. The van der Waals surface area contributed by atoms with Gasteiger partial charge >= 0.3 is 0 Å². The smallest absolute Gasteiger partial charge is 0.191 e. The molecule has 0 aromatic heterocycles. The Labute approximate surface area is 236 Å². The molecule has 0 heterocycles. The summed E-state index contributed by atoms with van der Waals surface area (Å²) >= 11 is 0. The fourth-order valence-electron chi connectivity index (χ4n) is 6.50. The van der Waals surface area contributed by atoms with E-state index in [-0.39, 0.29) is 0 Å². The first kappa shape index (κ1) is 37.1. The summed E-state index contributed by atoms with van der Waals surface area (Å²) in [5, 5.41) is 0. The highest BCUT2D eigenvalue weighted by Gasteiger charge is 2.36. The molecular weight excluding hydrogens is 470 g/mol. The van der Waals surface area contributed by atoms with Crippen LogP contribution in [0, 0.1) is 5.41 Å². The van der Waals surface area contributed by atoms with E-state index in [0.717, 1.165) is 0 Å². The first-order chi connectivity index (χ1) is 17.9. The minimum Gasteiger partial charge on any atom is -0.420 e. The Morgan fingerprint density at radius 1 is 0.514 bits per heavy atom. The number of nitrogens with zero attached hydrogens (tertiary/aromatic N) is 3.